The summed E-state index contributed by atoms with van der Waals surface area (Å²) >= 11 is 0. The summed E-state index contributed by atoms with van der Waals surface area (Å²) in [7, 11) is 0. The quantitative estimate of drug-likeness (QED) is 0.879. The molecule has 1 N–H and O–H groups in total. The summed E-state index contributed by atoms with van der Waals surface area (Å²) in [6.45, 7) is 11.3. The van der Waals surface area contributed by atoms with Crippen molar-refractivity contribution in [3.05, 3.63) is 23.9 Å². The molecule has 2 heterocycles. The first-order valence-electron chi connectivity index (χ1n) is 7.56. The average Bonchev–Trinajstić information content (AvgIpc) is 2.43. The van der Waals surface area contributed by atoms with Gasteiger partial charge in [0.25, 0.3) is 0 Å². The van der Waals surface area contributed by atoms with Crippen molar-refractivity contribution >= 4 is 5.82 Å². The molecule has 3 heteroatoms. The molecule has 1 fully saturated rings. The molecule has 0 atom stereocenters. The van der Waals surface area contributed by atoms with Gasteiger partial charge in [0.2, 0.25) is 0 Å². The van der Waals surface area contributed by atoms with Gasteiger partial charge in [-0.25, -0.2) is 4.98 Å². The van der Waals surface area contributed by atoms with Gasteiger partial charge in [0.05, 0.1) is 0 Å². The fraction of sp³-hybridized carbons (Fsp3) is 0.688. The van der Waals surface area contributed by atoms with Crippen LogP contribution in [0.15, 0.2) is 18.3 Å². The van der Waals surface area contributed by atoms with E-state index in [1.807, 2.05) is 6.20 Å². The van der Waals surface area contributed by atoms with Gasteiger partial charge in [0.1, 0.15) is 5.82 Å². The van der Waals surface area contributed by atoms with Gasteiger partial charge < -0.3 is 5.32 Å². The Labute approximate surface area is 117 Å². The van der Waals surface area contributed by atoms with E-state index in [1.54, 1.807) is 0 Å². The van der Waals surface area contributed by atoms with Crippen LogP contribution < -0.4 is 5.32 Å². The molecule has 1 aliphatic heterocycles. The number of nitrogens with one attached hydrogen (secondary N) is 1. The number of rotatable bonds is 5. The average molecular weight is 261 g/mol. The zero-order valence-electron chi connectivity index (χ0n) is 12.6. The van der Waals surface area contributed by atoms with Gasteiger partial charge in [-0.05, 0) is 56.0 Å². The Kier molecular flexibility index (Phi) is 4.81. The first-order chi connectivity index (χ1) is 9.15. The lowest BCUT2D eigenvalue weighted by atomic mass is 9.78. The van der Waals surface area contributed by atoms with Crippen LogP contribution in [0.5, 0.6) is 0 Å². The maximum Gasteiger partial charge on any atom is 0.126 e. The predicted molar refractivity (Wildman–Crippen MR) is 81.3 cm³/mol. The number of piperidine rings is 1. The topological polar surface area (TPSA) is 28.2 Å². The van der Waals surface area contributed by atoms with Crippen LogP contribution in [0.1, 0.15) is 45.6 Å². The summed E-state index contributed by atoms with van der Waals surface area (Å²) < 4.78 is 0. The Morgan fingerprint density at radius 1 is 1.32 bits per heavy atom. The third-order valence-corrected chi connectivity index (χ3v) is 4.51. The largest absolute Gasteiger partial charge is 0.370 e. The third kappa shape index (κ3) is 3.93. The highest BCUT2D eigenvalue weighted by Gasteiger charge is 2.27. The number of hydrogen-bond donors (Lipinski definition) is 1. The van der Waals surface area contributed by atoms with Crippen LogP contribution in [0.2, 0.25) is 0 Å². The Morgan fingerprint density at radius 3 is 2.68 bits per heavy atom. The van der Waals surface area contributed by atoms with Crippen molar-refractivity contribution in [3.8, 4) is 0 Å². The van der Waals surface area contributed by atoms with Crippen molar-refractivity contribution in [2.45, 2.75) is 46.6 Å². The van der Waals surface area contributed by atoms with E-state index in [0.29, 0.717) is 5.41 Å². The summed E-state index contributed by atoms with van der Waals surface area (Å²) in [5, 5.41) is 3.28. The smallest absolute Gasteiger partial charge is 0.126 e. The fourth-order valence-corrected chi connectivity index (χ4v) is 2.71. The SMILES string of the molecule is CCNc1cc(CN2CCC(C)(CC)CC2)ccn1. The van der Waals surface area contributed by atoms with Gasteiger partial charge in [-0.2, -0.15) is 0 Å². The molecule has 0 amide bonds. The zero-order chi connectivity index (χ0) is 13.7. The van der Waals surface area contributed by atoms with Crippen LogP contribution in [0.4, 0.5) is 5.82 Å². The van der Waals surface area contributed by atoms with Crippen molar-refractivity contribution < 1.29 is 0 Å². The van der Waals surface area contributed by atoms with Crippen LogP contribution in [0, 0.1) is 5.41 Å². The minimum Gasteiger partial charge on any atom is -0.370 e. The highest BCUT2D eigenvalue weighted by Crippen LogP contribution is 2.34. The lowest BCUT2D eigenvalue weighted by Gasteiger charge is -2.39. The predicted octanol–water partition coefficient (Wildman–Crippen LogP) is 3.53. The molecule has 2 rings (SSSR count). The van der Waals surface area contributed by atoms with E-state index in [0.717, 1.165) is 18.9 Å². The molecule has 0 bridgehead atoms. The highest BCUT2D eigenvalue weighted by molar-refractivity contribution is 5.37. The Bertz CT molecular complexity index is 395. The number of hydrogen-bond acceptors (Lipinski definition) is 3. The molecule has 0 radical (unpaired) electrons. The van der Waals surface area contributed by atoms with Crippen LogP contribution in [-0.4, -0.2) is 29.5 Å². The van der Waals surface area contributed by atoms with E-state index in [4.69, 9.17) is 0 Å². The molecule has 106 valence electrons. The lowest BCUT2D eigenvalue weighted by molar-refractivity contribution is 0.109. The van der Waals surface area contributed by atoms with Crippen molar-refractivity contribution in [3.63, 3.8) is 0 Å². The van der Waals surface area contributed by atoms with E-state index in [9.17, 15) is 0 Å². The first kappa shape index (κ1) is 14.3. The maximum absolute atomic E-state index is 4.33. The van der Waals surface area contributed by atoms with Crippen LogP contribution in [0.3, 0.4) is 0 Å². The van der Waals surface area contributed by atoms with Gasteiger partial charge in [-0.1, -0.05) is 20.3 Å². The summed E-state index contributed by atoms with van der Waals surface area (Å²) in [5.74, 6) is 0.996. The minimum atomic E-state index is 0.573. The van der Waals surface area contributed by atoms with Crippen molar-refractivity contribution in [2.75, 3.05) is 25.0 Å². The molecule has 1 saturated heterocycles. The van der Waals surface area contributed by atoms with E-state index < -0.39 is 0 Å². The monoisotopic (exact) mass is 261 g/mol. The van der Waals surface area contributed by atoms with Gasteiger partial charge in [-0.15, -0.1) is 0 Å². The second-order valence-corrected chi connectivity index (χ2v) is 6.02. The minimum absolute atomic E-state index is 0.573. The Morgan fingerprint density at radius 2 is 2.05 bits per heavy atom. The number of aromatic nitrogens is 1. The summed E-state index contributed by atoms with van der Waals surface area (Å²) in [6, 6.07) is 4.31. The third-order valence-electron chi connectivity index (χ3n) is 4.51. The van der Waals surface area contributed by atoms with Crippen LogP contribution >= 0.6 is 0 Å². The standard InChI is InChI=1S/C16H27N3/c1-4-16(3)7-10-19(11-8-16)13-14-6-9-18-15(12-14)17-5-2/h6,9,12H,4-5,7-8,10-11,13H2,1-3H3,(H,17,18). The van der Waals surface area contributed by atoms with E-state index in [2.05, 4.69) is 48.1 Å². The number of anilines is 1. The molecular weight excluding hydrogens is 234 g/mol. The first-order valence-corrected chi connectivity index (χ1v) is 7.56. The summed E-state index contributed by atoms with van der Waals surface area (Å²) in [6.07, 6.45) is 5.87. The maximum atomic E-state index is 4.33. The molecule has 0 spiro atoms. The zero-order valence-corrected chi connectivity index (χ0v) is 12.6. The second kappa shape index (κ2) is 6.38. The van der Waals surface area contributed by atoms with E-state index in [1.165, 1.54) is 37.9 Å². The molecular formula is C16H27N3. The molecule has 1 aromatic rings. The number of pyridine rings is 1. The second-order valence-electron chi connectivity index (χ2n) is 6.02. The normalized spacial score (nSPS) is 19.3. The summed E-state index contributed by atoms with van der Waals surface area (Å²) in [4.78, 5) is 6.90. The Hall–Kier alpha value is -1.09. The van der Waals surface area contributed by atoms with Gasteiger partial charge in [-0.3, -0.25) is 4.90 Å². The lowest BCUT2D eigenvalue weighted by Crippen LogP contribution is -2.37. The van der Waals surface area contributed by atoms with Crippen LogP contribution in [-0.2, 0) is 6.54 Å². The molecule has 1 aliphatic rings. The Balaban J connectivity index is 1.90. The molecule has 0 aromatic carbocycles. The molecule has 3 nitrogen and oxygen atoms in total. The molecule has 1 aromatic heterocycles. The van der Waals surface area contributed by atoms with Gasteiger partial charge in [0, 0.05) is 19.3 Å². The molecule has 0 aliphatic carbocycles. The molecule has 0 unspecified atom stereocenters. The fourth-order valence-electron chi connectivity index (χ4n) is 2.71. The highest BCUT2D eigenvalue weighted by atomic mass is 15.1. The molecule has 0 saturated carbocycles. The van der Waals surface area contributed by atoms with Gasteiger partial charge >= 0.3 is 0 Å². The number of nitrogens with zero attached hydrogens (tertiary/aromatic N) is 2. The van der Waals surface area contributed by atoms with Crippen molar-refractivity contribution in [2.24, 2.45) is 5.41 Å². The number of likely N-dealkylation sites (tertiary alicyclic amines) is 1. The van der Waals surface area contributed by atoms with Crippen LogP contribution in [0.25, 0.3) is 0 Å². The van der Waals surface area contributed by atoms with Crippen molar-refractivity contribution in [1.29, 1.82) is 0 Å². The summed E-state index contributed by atoms with van der Waals surface area (Å²) in [5.41, 5.74) is 1.94. The van der Waals surface area contributed by atoms with Crippen molar-refractivity contribution in [1.82, 2.24) is 9.88 Å². The van der Waals surface area contributed by atoms with E-state index in [-0.39, 0.29) is 0 Å². The molecule has 19 heavy (non-hydrogen) atoms. The van der Waals surface area contributed by atoms with Gasteiger partial charge in [0.15, 0.2) is 0 Å². The van der Waals surface area contributed by atoms with E-state index >= 15 is 0 Å².